The molecule has 5 nitrogen and oxygen atoms in total. The summed E-state index contributed by atoms with van der Waals surface area (Å²) in [7, 11) is 2.35. The highest BCUT2D eigenvalue weighted by atomic mass is 16.1. The van der Waals surface area contributed by atoms with Crippen LogP contribution in [0.4, 0.5) is 0 Å². The first kappa shape index (κ1) is 22.5. The molecule has 0 bridgehead atoms. The predicted octanol–water partition coefficient (Wildman–Crippen LogP) is 3.20. The fourth-order valence-electron chi connectivity index (χ4n) is 7.21. The average molecular weight is 419 g/mol. The van der Waals surface area contributed by atoms with Gasteiger partial charge in [0, 0.05) is 31.6 Å². The first-order valence-electron chi connectivity index (χ1n) is 13.1. The van der Waals surface area contributed by atoms with Gasteiger partial charge in [0.25, 0.3) is 0 Å². The van der Waals surface area contributed by atoms with Gasteiger partial charge in [-0.1, -0.05) is 6.92 Å². The topological polar surface area (TPSA) is 38.8 Å². The van der Waals surface area contributed by atoms with E-state index in [1.54, 1.807) is 0 Å². The molecule has 4 aliphatic rings. The van der Waals surface area contributed by atoms with Crippen molar-refractivity contribution in [3.8, 4) is 0 Å². The maximum absolute atomic E-state index is 12.4. The molecule has 1 N–H and O–H groups in total. The van der Waals surface area contributed by atoms with Crippen LogP contribution in [0.25, 0.3) is 0 Å². The Morgan fingerprint density at radius 2 is 1.77 bits per heavy atom. The molecule has 0 spiro atoms. The fraction of sp³-hybridized carbons (Fsp3) is 0.960. The lowest BCUT2D eigenvalue weighted by molar-refractivity contribution is -0.121. The van der Waals surface area contributed by atoms with Crippen molar-refractivity contribution in [1.82, 2.24) is 20.0 Å². The molecular weight excluding hydrogens is 372 g/mol. The first-order valence-corrected chi connectivity index (χ1v) is 13.1. The van der Waals surface area contributed by atoms with Gasteiger partial charge in [0.15, 0.2) is 0 Å². The number of carbonyl (C=O) groups is 1. The van der Waals surface area contributed by atoms with Gasteiger partial charge in [-0.2, -0.15) is 0 Å². The van der Waals surface area contributed by atoms with Gasteiger partial charge in [-0.15, -0.1) is 0 Å². The highest BCUT2D eigenvalue weighted by molar-refractivity contribution is 5.75. The van der Waals surface area contributed by atoms with Gasteiger partial charge in [-0.3, -0.25) is 9.69 Å². The third-order valence-electron chi connectivity index (χ3n) is 8.86. The quantitative estimate of drug-likeness (QED) is 0.657. The highest BCUT2D eigenvalue weighted by Crippen LogP contribution is 2.42. The number of rotatable bonds is 8. The number of amides is 1. The zero-order valence-corrected chi connectivity index (χ0v) is 19.7. The summed E-state index contributed by atoms with van der Waals surface area (Å²) in [6.07, 6.45) is 12.3. The maximum atomic E-state index is 12.4. The number of piperidine rings is 4. The lowest BCUT2D eigenvalue weighted by atomic mass is 9.69. The van der Waals surface area contributed by atoms with Crippen molar-refractivity contribution in [2.24, 2.45) is 17.8 Å². The van der Waals surface area contributed by atoms with E-state index in [4.69, 9.17) is 0 Å². The molecular formula is C25H46N4O. The van der Waals surface area contributed by atoms with Gasteiger partial charge in [0.05, 0.1) is 0 Å². The Hall–Kier alpha value is -0.650. The van der Waals surface area contributed by atoms with Crippen LogP contribution in [-0.2, 0) is 4.79 Å². The summed E-state index contributed by atoms with van der Waals surface area (Å²) in [5.41, 5.74) is 0. The third kappa shape index (κ3) is 5.39. The molecule has 0 aliphatic carbocycles. The van der Waals surface area contributed by atoms with Crippen molar-refractivity contribution in [2.75, 3.05) is 52.9 Å². The summed E-state index contributed by atoms with van der Waals surface area (Å²) >= 11 is 0. The third-order valence-corrected chi connectivity index (χ3v) is 8.86. The Morgan fingerprint density at radius 1 is 1.00 bits per heavy atom. The fourth-order valence-corrected chi connectivity index (χ4v) is 7.21. The van der Waals surface area contributed by atoms with Gasteiger partial charge < -0.3 is 15.1 Å². The summed E-state index contributed by atoms with van der Waals surface area (Å²) in [5, 5.41) is 3.22. The molecule has 0 aromatic carbocycles. The molecule has 0 saturated carbocycles. The van der Waals surface area contributed by atoms with Gasteiger partial charge in [-0.25, -0.2) is 0 Å². The number of likely N-dealkylation sites (tertiary alicyclic amines) is 2. The molecule has 4 fully saturated rings. The molecule has 4 rings (SSSR count). The van der Waals surface area contributed by atoms with E-state index in [2.05, 4.69) is 34.0 Å². The minimum absolute atomic E-state index is 0.278. The Morgan fingerprint density at radius 3 is 2.53 bits per heavy atom. The maximum Gasteiger partial charge on any atom is 0.219 e. The summed E-state index contributed by atoms with van der Waals surface area (Å²) < 4.78 is 0. The second-order valence-electron chi connectivity index (χ2n) is 10.7. The molecule has 172 valence electrons. The van der Waals surface area contributed by atoms with Gasteiger partial charge >= 0.3 is 0 Å². The summed E-state index contributed by atoms with van der Waals surface area (Å²) in [4.78, 5) is 20.4. The van der Waals surface area contributed by atoms with Gasteiger partial charge in [0.1, 0.15) is 0 Å². The largest absolute Gasteiger partial charge is 0.356 e. The van der Waals surface area contributed by atoms with Crippen molar-refractivity contribution >= 4 is 5.91 Å². The van der Waals surface area contributed by atoms with E-state index < -0.39 is 0 Å². The molecule has 0 aromatic heterocycles. The number of hydrogen-bond acceptors (Lipinski definition) is 4. The second-order valence-corrected chi connectivity index (χ2v) is 10.7. The lowest BCUT2D eigenvalue weighted by Gasteiger charge is -2.57. The van der Waals surface area contributed by atoms with E-state index in [9.17, 15) is 4.79 Å². The van der Waals surface area contributed by atoms with E-state index in [0.717, 1.165) is 43.2 Å². The summed E-state index contributed by atoms with van der Waals surface area (Å²) in [6.45, 7) is 10.7. The van der Waals surface area contributed by atoms with Crippen molar-refractivity contribution in [2.45, 2.75) is 83.2 Å². The minimum atomic E-state index is 0.278. The Labute approximate surface area is 184 Å². The Kier molecular flexibility index (Phi) is 8.10. The van der Waals surface area contributed by atoms with Crippen LogP contribution in [0.3, 0.4) is 0 Å². The van der Waals surface area contributed by atoms with Crippen molar-refractivity contribution in [3.63, 3.8) is 0 Å². The van der Waals surface area contributed by atoms with E-state index in [1.165, 1.54) is 84.2 Å². The van der Waals surface area contributed by atoms with Crippen LogP contribution in [0.1, 0.15) is 71.1 Å². The van der Waals surface area contributed by atoms with E-state index in [-0.39, 0.29) is 5.91 Å². The van der Waals surface area contributed by atoms with Crippen LogP contribution in [-0.4, -0.2) is 85.6 Å². The van der Waals surface area contributed by atoms with Crippen LogP contribution in [0.2, 0.25) is 0 Å². The molecule has 4 saturated heterocycles. The van der Waals surface area contributed by atoms with Crippen LogP contribution in [0.5, 0.6) is 0 Å². The van der Waals surface area contributed by atoms with Crippen molar-refractivity contribution in [3.05, 3.63) is 0 Å². The number of nitrogens with zero attached hydrogens (tertiary/aromatic N) is 3. The molecule has 4 aliphatic heterocycles. The van der Waals surface area contributed by atoms with Crippen molar-refractivity contribution < 1.29 is 4.79 Å². The molecule has 1 amide bonds. The Balaban J connectivity index is 1.15. The van der Waals surface area contributed by atoms with Crippen LogP contribution in [0.15, 0.2) is 0 Å². The van der Waals surface area contributed by atoms with Gasteiger partial charge in [0.2, 0.25) is 5.91 Å². The van der Waals surface area contributed by atoms with Crippen LogP contribution >= 0.6 is 0 Å². The van der Waals surface area contributed by atoms with Crippen molar-refractivity contribution in [1.29, 1.82) is 0 Å². The second kappa shape index (κ2) is 10.8. The summed E-state index contributed by atoms with van der Waals surface area (Å²) in [5.74, 6) is 2.81. The normalized spacial score (nSPS) is 33.9. The predicted molar refractivity (Wildman–Crippen MR) is 124 cm³/mol. The van der Waals surface area contributed by atoms with Crippen LogP contribution < -0.4 is 5.32 Å². The average Bonchev–Trinajstić information content (AvgIpc) is 2.76. The highest BCUT2D eigenvalue weighted by Gasteiger charge is 2.47. The van der Waals surface area contributed by atoms with Gasteiger partial charge in [-0.05, 0) is 115 Å². The Bertz CT molecular complexity index is 545. The molecule has 0 radical (unpaired) electrons. The molecule has 5 heteroatoms. The zero-order valence-electron chi connectivity index (χ0n) is 19.7. The lowest BCUT2D eigenvalue weighted by Crippen LogP contribution is -2.63. The van der Waals surface area contributed by atoms with E-state index in [0.29, 0.717) is 12.5 Å². The zero-order chi connectivity index (χ0) is 20.9. The molecule has 0 unspecified atom stereocenters. The smallest absolute Gasteiger partial charge is 0.219 e. The number of carbonyl (C=O) groups excluding carboxylic acids is 1. The monoisotopic (exact) mass is 418 g/mol. The number of hydrogen-bond donors (Lipinski definition) is 1. The molecule has 4 heterocycles. The standard InChI is InChI=1S/C25H46N4O/c1-3-28-17-12-20(13-18-28)11-14-26-24(30)10-4-9-23-22-8-6-16-29-15-5-7-21(25(22)29)19-27(23)2/h20-23,25H,3-19H2,1-2H3,(H,26,30)/t21-,22+,23+,25-/m0/s1. The first-order chi connectivity index (χ1) is 14.7. The van der Waals surface area contributed by atoms with Crippen LogP contribution in [0, 0.1) is 17.8 Å². The summed E-state index contributed by atoms with van der Waals surface area (Å²) in [6, 6.07) is 1.52. The minimum Gasteiger partial charge on any atom is -0.356 e. The number of nitrogens with one attached hydrogen (secondary N) is 1. The SMILES string of the molecule is CCN1CCC(CCNC(=O)CCC[C@@H]2[C@H]3CCCN4CCC[C@@H](CN2C)[C@@H]34)CC1. The molecule has 30 heavy (non-hydrogen) atoms. The van der Waals surface area contributed by atoms with E-state index >= 15 is 0 Å². The molecule has 4 atom stereocenters. The molecule has 0 aromatic rings. The van der Waals surface area contributed by atoms with E-state index in [1.807, 2.05) is 0 Å².